The maximum atomic E-state index is 9.16. The Labute approximate surface area is 98.4 Å². The summed E-state index contributed by atoms with van der Waals surface area (Å²) in [6, 6.07) is 0. The van der Waals surface area contributed by atoms with Crippen LogP contribution in [0.2, 0.25) is 5.15 Å². The highest BCUT2D eigenvalue weighted by atomic mass is 79.9. The average molecular weight is 293 g/mol. The molecule has 0 amide bonds. The summed E-state index contributed by atoms with van der Waals surface area (Å²) in [5, 5.41) is 23.0. The quantitative estimate of drug-likeness (QED) is 0.646. The Hall–Kier alpha value is -0.690. The number of fused-ring (bicyclic) bond motifs is 1. The summed E-state index contributed by atoms with van der Waals surface area (Å²) in [6.45, 7) is 0. The van der Waals surface area contributed by atoms with Crippen LogP contribution < -0.4 is 0 Å². The molecule has 0 unspecified atom stereocenters. The molecule has 0 fully saturated rings. The largest absolute Gasteiger partial charge is 0.364 e. The van der Waals surface area contributed by atoms with E-state index in [0.717, 1.165) is 0 Å². The average Bonchev–Trinajstić information content (AvgIpc) is 2.57. The molecule has 0 spiro atoms. The summed E-state index contributed by atoms with van der Waals surface area (Å²) in [5.74, 6) is 0. The molecule has 2 aromatic rings. The van der Waals surface area contributed by atoms with Gasteiger partial charge in [0.25, 0.3) is 0 Å². The van der Waals surface area contributed by atoms with Crippen molar-refractivity contribution < 1.29 is 10.2 Å². The fourth-order valence-corrected chi connectivity index (χ4v) is 2.25. The SMILES string of the molecule is OC(O)c1cn2ncnc(Cl)c2c1CBr. The van der Waals surface area contributed by atoms with Gasteiger partial charge in [-0.3, -0.25) is 0 Å². The lowest BCUT2D eigenvalue weighted by Gasteiger charge is -2.02. The molecule has 80 valence electrons. The molecule has 0 radical (unpaired) electrons. The first-order valence-corrected chi connectivity index (χ1v) is 5.57. The third-order valence-corrected chi connectivity index (χ3v) is 2.92. The van der Waals surface area contributed by atoms with Crippen molar-refractivity contribution in [3.8, 4) is 0 Å². The fourth-order valence-electron chi connectivity index (χ4n) is 1.42. The van der Waals surface area contributed by atoms with Crippen LogP contribution in [0.4, 0.5) is 0 Å². The van der Waals surface area contributed by atoms with Gasteiger partial charge in [0.15, 0.2) is 11.4 Å². The van der Waals surface area contributed by atoms with Crippen LogP contribution in [-0.4, -0.2) is 24.8 Å². The maximum Gasteiger partial charge on any atom is 0.180 e. The molecule has 5 nitrogen and oxygen atoms in total. The zero-order chi connectivity index (χ0) is 11.0. The Morgan fingerprint density at radius 2 is 2.27 bits per heavy atom. The van der Waals surface area contributed by atoms with E-state index in [1.807, 2.05) is 0 Å². The van der Waals surface area contributed by atoms with Crippen LogP contribution in [0.5, 0.6) is 0 Å². The van der Waals surface area contributed by atoms with Crippen molar-refractivity contribution in [2.75, 3.05) is 0 Å². The number of aliphatic hydroxyl groups excluding tert-OH is 1. The lowest BCUT2D eigenvalue weighted by Crippen LogP contribution is -1.95. The van der Waals surface area contributed by atoms with Gasteiger partial charge in [-0.1, -0.05) is 27.5 Å². The Morgan fingerprint density at radius 3 is 2.87 bits per heavy atom. The van der Waals surface area contributed by atoms with Crippen LogP contribution in [0.15, 0.2) is 12.5 Å². The normalized spacial score (nSPS) is 11.5. The van der Waals surface area contributed by atoms with E-state index in [-0.39, 0.29) is 5.15 Å². The highest BCUT2D eigenvalue weighted by Gasteiger charge is 2.17. The third kappa shape index (κ3) is 1.74. The van der Waals surface area contributed by atoms with Crippen molar-refractivity contribution >= 4 is 33.0 Å². The van der Waals surface area contributed by atoms with Gasteiger partial charge in [0, 0.05) is 22.7 Å². The van der Waals surface area contributed by atoms with Gasteiger partial charge in [-0.05, 0) is 0 Å². The summed E-state index contributed by atoms with van der Waals surface area (Å²) in [4.78, 5) is 3.84. The number of hydrogen-bond donors (Lipinski definition) is 2. The van der Waals surface area contributed by atoms with Crippen LogP contribution in [0.25, 0.3) is 5.52 Å². The number of hydrogen-bond acceptors (Lipinski definition) is 4. The lowest BCUT2D eigenvalue weighted by molar-refractivity contribution is -0.0428. The predicted molar refractivity (Wildman–Crippen MR) is 57.8 cm³/mol. The highest BCUT2D eigenvalue weighted by Crippen LogP contribution is 2.28. The minimum Gasteiger partial charge on any atom is -0.364 e. The fraction of sp³-hybridized carbons (Fsp3) is 0.250. The zero-order valence-corrected chi connectivity index (χ0v) is 9.77. The number of nitrogens with zero attached hydrogens (tertiary/aromatic N) is 3. The predicted octanol–water partition coefficient (Wildman–Crippen LogP) is 1.26. The molecule has 0 saturated carbocycles. The zero-order valence-electron chi connectivity index (χ0n) is 7.43. The molecule has 0 bridgehead atoms. The van der Waals surface area contributed by atoms with Gasteiger partial charge in [0.1, 0.15) is 11.8 Å². The summed E-state index contributed by atoms with van der Waals surface area (Å²) < 4.78 is 1.47. The van der Waals surface area contributed by atoms with Gasteiger partial charge in [0.05, 0.1) is 0 Å². The number of rotatable bonds is 2. The molecule has 0 atom stereocenters. The van der Waals surface area contributed by atoms with Crippen molar-refractivity contribution in [3.63, 3.8) is 0 Å². The molecule has 0 saturated heterocycles. The molecular weight excluding hydrogens is 285 g/mol. The molecule has 0 aromatic carbocycles. The summed E-state index contributed by atoms with van der Waals surface area (Å²) >= 11 is 9.16. The smallest absolute Gasteiger partial charge is 0.180 e. The van der Waals surface area contributed by atoms with E-state index in [4.69, 9.17) is 21.8 Å². The van der Waals surface area contributed by atoms with Crippen molar-refractivity contribution in [2.45, 2.75) is 11.6 Å². The van der Waals surface area contributed by atoms with E-state index in [9.17, 15) is 0 Å². The molecular formula is C8H7BrClN3O2. The minimum atomic E-state index is -1.55. The van der Waals surface area contributed by atoms with E-state index >= 15 is 0 Å². The molecule has 0 aliphatic rings. The Kier molecular flexibility index (Phi) is 2.92. The Bertz CT molecular complexity index is 500. The van der Waals surface area contributed by atoms with E-state index < -0.39 is 6.29 Å². The lowest BCUT2D eigenvalue weighted by atomic mass is 10.2. The van der Waals surface area contributed by atoms with Gasteiger partial charge in [0.2, 0.25) is 0 Å². The molecule has 2 rings (SSSR count). The van der Waals surface area contributed by atoms with Gasteiger partial charge in [-0.25, -0.2) is 9.50 Å². The van der Waals surface area contributed by atoms with Crippen molar-refractivity contribution in [2.24, 2.45) is 0 Å². The molecule has 2 heterocycles. The molecule has 0 aliphatic heterocycles. The summed E-state index contributed by atoms with van der Waals surface area (Å²) in [7, 11) is 0. The Balaban J connectivity index is 2.80. The number of aromatic nitrogens is 3. The van der Waals surface area contributed by atoms with Crippen molar-refractivity contribution in [1.29, 1.82) is 0 Å². The molecule has 7 heteroatoms. The number of alkyl halides is 1. The van der Waals surface area contributed by atoms with Crippen LogP contribution in [0, 0.1) is 0 Å². The highest BCUT2D eigenvalue weighted by molar-refractivity contribution is 9.08. The second-order valence-corrected chi connectivity index (χ2v) is 3.83. The first-order valence-electron chi connectivity index (χ1n) is 4.08. The third-order valence-electron chi connectivity index (χ3n) is 2.08. The van der Waals surface area contributed by atoms with Crippen LogP contribution in [-0.2, 0) is 5.33 Å². The monoisotopic (exact) mass is 291 g/mol. The van der Waals surface area contributed by atoms with Gasteiger partial charge >= 0.3 is 0 Å². The second kappa shape index (κ2) is 4.05. The molecule has 15 heavy (non-hydrogen) atoms. The maximum absolute atomic E-state index is 9.16. The van der Waals surface area contributed by atoms with Crippen molar-refractivity contribution in [1.82, 2.24) is 14.6 Å². The van der Waals surface area contributed by atoms with E-state index in [1.165, 1.54) is 17.0 Å². The molecule has 0 aliphatic carbocycles. The summed E-state index contributed by atoms with van der Waals surface area (Å²) in [5.41, 5.74) is 1.63. The second-order valence-electron chi connectivity index (χ2n) is 2.91. The van der Waals surface area contributed by atoms with Gasteiger partial charge in [-0.15, -0.1) is 0 Å². The van der Waals surface area contributed by atoms with E-state index in [0.29, 0.717) is 22.0 Å². The van der Waals surface area contributed by atoms with Gasteiger partial charge in [-0.2, -0.15) is 5.10 Å². The number of halogens is 2. The Morgan fingerprint density at radius 1 is 1.53 bits per heavy atom. The molecule has 2 N–H and O–H groups in total. The first kappa shape index (κ1) is 10.8. The van der Waals surface area contributed by atoms with Gasteiger partial charge < -0.3 is 10.2 Å². The van der Waals surface area contributed by atoms with E-state index in [1.54, 1.807) is 0 Å². The molecule has 2 aromatic heterocycles. The summed E-state index contributed by atoms with van der Waals surface area (Å²) in [6.07, 6.45) is 1.28. The standard InChI is InChI=1S/C8H7BrClN3O2/c9-1-4-5(8(14)15)2-13-6(4)7(10)11-3-12-13/h2-3,8,14-15H,1H2. The van der Waals surface area contributed by atoms with Crippen LogP contribution >= 0.6 is 27.5 Å². The minimum absolute atomic E-state index is 0.284. The van der Waals surface area contributed by atoms with Crippen molar-refractivity contribution in [3.05, 3.63) is 28.8 Å². The topological polar surface area (TPSA) is 70.7 Å². The van der Waals surface area contributed by atoms with Crippen LogP contribution in [0.1, 0.15) is 17.4 Å². The van der Waals surface area contributed by atoms with Crippen LogP contribution in [0.3, 0.4) is 0 Å². The van der Waals surface area contributed by atoms with E-state index in [2.05, 4.69) is 26.0 Å². The first-order chi connectivity index (χ1) is 7.15. The number of aliphatic hydroxyl groups is 2.